The zero-order chi connectivity index (χ0) is 14.4. The van der Waals surface area contributed by atoms with E-state index < -0.39 is 0 Å². The molecule has 1 amide bonds. The van der Waals surface area contributed by atoms with Crippen LogP contribution in [0.2, 0.25) is 0 Å². The van der Waals surface area contributed by atoms with E-state index in [-0.39, 0.29) is 12.0 Å². The first-order valence-electron chi connectivity index (χ1n) is 7.41. The second kappa shape index (κ2) is 7.41. The summed E-state index contributed by atoms with van der Waals surface area (Å²) >= 11 is 0. The Bertz CT molecular complexity index is 425. The third-order valence-electron chi connectivity index (χ3n) is 3.68. The Hall–Kier alpha value is -1.39. The zero-order valence-corrected chi connectivity index (χ0v) is 12.4. The molecule has 2 rings (SSSR count). The number of nitrogens with zero attached hydrogens (tertiary/aromatic N) is 1. The molecular formula is C16H24N2O2. The van der Waals surface area contributed by atoms with E-state index in [0.717, 1.165) is 18.7 Å². The number of rotatable bonds is 5. The van der Waals surface area contributed by atoms with E-state index in [1.165, 1.54) is 18.4 Å². The molecule has 0 spiro atoms. The van der Waals surface area contributed by atoms with Crippen molar-refractivity contribution >= 4 is 11.6 Å². The number of hydrogen-bond acceptors (Lipinski definition) is 3. The van der Waals surface area contributed by atoms with Gasteiger partial charge in [0.15, 0.2) is 0 Å². The lowest BCUT2D eigenvalue weighted by molar-refractivity contribution is -0.131. The van der Waals surface area contributed by atoms with Crippen molar-refractivity contribution in [3.05, 3.63) is 29.8 Å². The number of nitrogens with one attached hydrogen (secondary N) is 1. The number of unbranched alkanes of at least 4 members (excludes halogenated alkanes) is 1. The highest BCUT2D eigenvalue weighted by molar-refractivity contribution is 5.96. The van der Waals surface area contributed by atoms with Crippen LogP contribution in [0.15, 0.2) is 24.3 Å². The van der Waals surface area contributed by atoms with Crippen LogP contribution in [-0.2, 0) is 16.0 Å². The number of morpholine rings is 1. The fraction of sp³-hybridized carbons (Fsp3) is 0.562. The van der Waals surface area contributed by atoms with Gasteiger partial charge in [0, 0.05) is 25.8 Å². The average molecular weight is 276 g/mol. The third kappa shape index (κ3) is 3.81. The summed E-state index contributed by atoms with van der Waals surface area (Å²) in [6.45, 7) is 4.20. The van der Waals surface area contributed by atoms with Crippen LogP contribution in [0, 0.1) is 0 Å². The maximum absolute atomic E-state index is 12.3. The van der Waals surface area contributed by atoms with Gasteiger partial charge in [-0.05, 0) is 30.5 Å². The highest BCUT2D eigenvalue weighted by Crippen LogP contribution is 2.17. The minimum Gasteiger partial charge on any atom is -0.366 e. The molecule has 1 fully saturated rings. The Kier molecular flexibility index (Phi) is 5.56. The van der Waals surface area contributed by atoms with Gasteiger partial charge in [-0.2, -0.15) is 0 Å². The summed E-state index contributed by atoms with van der Waals surface area (Å²) in [5, 5.41) is 3.18. The van der Waals surface area contributed by atoms with Crippen LogP contribution in [0.25, 0.3) is 0 Å². The van der Waals surface area contributed by atoms with Gasteiger partial charge in [0.25, 0.3) is 5.91 Å². The molecule has 0 bridgehead atoms. The molecule has 1 atom stereocenters. The van der Waals surface area contributed by atoms with Crippen molar-refractivity contribution in [1.29, 1.82) is 0 Å². The van der Waals surface area contributed by atoms with E-state index in [2.05, 4.69) is 24.4 Å². The molecule has 1 saturated heterocycles. The molecule has 1 unspecified atom stereocenters. The summed E-state index contributed by atoms with van der Waals surface area (Å²) in [6, 6.07) is 8.24. The fourth-order valence-corrected chi connectivity index (χ4v) is 2.33. The molecule has 20 heavy (non-hydrogen) atoms. The van der Waals surface area contributed by atoms with Crippen molar-refractivity contribution in [2.75, 3.05) is 31.6 Å². The maximum atomic E-state index is 12.3. The van der Waals surface area contributed by atoms with Crippen molar-refractivity contribution in [3.63, 3.8) is 0 Å². The van der Waals surface area contributed by atoms with Crippen LogP contribution < -0.4 is 10.2 Å². The summed E-state index contributed by atoms with van der Waals surface area (Å²) in [4.78, 5) is 14.0. The van der Waals surface area contributed by atoms with Crippen molar-refractivity contribution in [2.24, 2.45) is 0 Å². The smallest absolute Gasteiger partial charge is 0.257 e. The Morgan fingerprint density at radius 1 is 1.40 bits per heavy atom. The Labute approximate surface area is 121 Å². The molecule has 0 aliphatic carbocycles. The second-order valence-electron chi connectivity index (χ2n) is 5.23. The van der Waals surface area contributed by atoms with Gasteiger partial charge in [-0.3, -0.25) is 4.79 Å². The van der Waals surface area contributed by atoms with Crippen molar-refractivity contribution in [1.82, 2.24) is 5.32 Å². The van der Waals surface area contributed by atoms with E-state index in [9.17, 15) is 4.79 Å². The van der Waals surface area contributed by atoms with Gasteiger partial charge in [0.05, 0.1) is 6.61 Å². The van der Waals surface area contributed by atoms with Gasteiger partial charge < -0.3 is 15.0 Å². The second-order valence-corrected chi connectivity index (χ2v) is 5.23. The van der Waals surface area contributed by atoms with E-state index in [0.29, 0.717) is 13.2 Å². The zero-order valence-electron chi connectivity index (χ0n) is 12.4. The number of ether oxygens (including phenoxy) is 1. The van der Waals surface area contributed by atoms with Crippen molar-refractivity contribution in [3.8, 4) is 0 Å². The van der Waals surface area contributed by atoms with Crippen LogP contribution in [0.4, 0.5) is 5.69 Å². The molecule has 4 nitrogen and oxygen atoms in total. The molecule has 1 aliphatic heterocycles. The summed E-state index contributed by atoms with van der Waals surface area (Å²) in [5.74, 6) is 0.0125. The fourth-order valence-electron chi connectivity index (χ4n) is 2.33. The largest absolute Gasteiger partial charge is 0.366 e. The number of likely N-dealkylation sites (N-methyl/N-ethyl adjacent to an activating group) is 1. The van der Waals surface area contributed by atoms with E-state index in [1.54, 1.807) is 11.9 Å². The molecule has 1 N–H and O–H groups in total. The highest BCUT2D eigenvalue weighted by atomic mass is 16.5. The molecule has 1 heterocycles. The molecular weight excluding hydrogens is 252 g/mol. The quantitative estimate of drug-likeness (QED) is 0.894. The van der Waals surface area contributed by atoms with Gasteiger partial charge in [-0.15, -0.1) is 0 Å². The van der Waals surface area contributed by atoms with Gasteiger partial charge in [-0.25, -0.2) is 0 Å². The van der Waals surface area contributed by atoms with Gasteiger partial charge in [-0.1, -0.05) is 25.5 Å². The first-order valence-corrected chi connectivity index (χ1v) is 7.41. The Balaban J connectivity index is 1.97. The minimum atomic E-state index is -0.367. The molecule has 1 aliphatic rings. The SMILES string of the molecule is CCCCc1ccc(N(C)C(=O)C2CNCCO2)cc1. The monoisotopic (exact) mass is 276 g/mol. The minimum absolute atomic E-state index is 0.0125. The number of aryl methyl sites for hydroxylation is 1. The Morgan fingerprint density at radius 3 is 2.75 bits per heavy atom. The van der Waals surface area contributed by atoms with E-state index in [1.807, 2.05) is 12.1 Å². The van der Waals surface area contributed by atoms with Crippen molar-refractivity contribution < 1.29 is 9.53 Å². The molecule has 1 aromatic carbocycles. The number of anilines is 1. The predicted octanol–water partition coefficient (Wildman–Crippen LogP) is 1.98. The van der Waals surface area contributed by atoms with Gasteiger partial charge in [0.2, 0.25) is 0 Å². The lowest BCUT2D eigenvalue weighted by atomic mass is 10.1. The van der Waals surface area contributed by atoms with E-state index >= 15 is 0 Å². The molecule has 1 aromatic rings. The molecule has 0 aromatic heterocycles. The lowest BCUT2D eigenvalue weighted by Gasteiger charge is -2.27. The topological polar surface area (TPSA) is 41.6 Å². The van der Waals surface area contributed by atoms with Crippen LogP contribution in [0.1, 0.15) is 25.3 Å². The highest BCUT2D eigenvalue weighted by Gasteiger charge is 2.25. The van der Waals surface area contributed by atoms with Crippen LogP contribution in [-0.4, -0.2) is 38.8 Å². The van der Waals surface area contributed by atoms with Crippen LogP contribution in [0.3, 0.4) is 0 Å². The normalized spacial score (nSPS) is 18.8. The number of benzene rings is 1. The lowest BCUT2D eigenvalue weighted by Crippen LogP contribution is -2.48. The molecule has 0 radical (unpaired) electrons. The molecule has 4 heteroatoms. The van der Waals surface area contributed by atoms with Crippen LogP contribution in [0.5, 0.6) is 0 Å². The standard InChI is InChI=1S/C16H24N2O2/c1-3-4-5-13-6-8-14(9-7-13)18(2)16(19)15-12-17-10-11-20-15/h6-9,15,17H,3-5,10-12H2,1-2H3. The third-order valence-corrected chi connectivity index (χ3v) is 3.68. The summed E-state index contributed by atoms with van der Waals surface area (Å²) in [7, 11) is 1.81. The Morgan fingerprint density at radius 2 is 2.15 bits per heavy atom. The summed E-state index contributed by atoms with van der Waals surface area (Å²) < 4.78 is 5.51. The number of amides is 1. The van der Waals surface area contributed by atoms with Gasteiger partial charge in [0.1, 0.15) is 6.10 Å². The first kappa shape index (κ1) is 15.0. The summed E-state index contributed by atoms with van der Waals surface area (Å²) in [6.07, 6.45) is 3.14. The first-order chi connectivity index (χ1) is 9.72. The average Bonchev–Trinajstić information content (AvgIpc) is 2.53. The number of carbonyl (C=O) groups is 1. The summed E-state index contributed by atoms with van der Waals surface area (Å²) in [5.41, 5.74) is 2.25. The van der Waals surface area contributed by atoms with Crippen LogP contribution >= 0.6 is 0 Å². The van der Waals surface area contributed by atoms with Crippen molar-refractivity contribution in [2.45, 2.75) is 32.3 Å². The van der Waals surface area contributed by atoms with E-state index in [4.69, 9.17) is 4.74 Å². The number of hydrogen-bond donors (Lipinski definition) is 1. The maximum Gasteiger partial charge on any atom is 0.257 e. The predicted molar refractivity (Wildman–Crippen MR) is 81.1 cm³/mol. The molecule has 0 saturated carbocycles. The van der Waals surface area contributed by atoms with Gasteiger partial charge >= 0.3 is 0 Å². The number of carbonyl (C=O) groups excluding carboxylic acids is 1. The molecule has 110 valence electrons.